The molecular formula is C36H75GdO6P2. The zero-order valence-electron chi connectivity index (χ0n) is 29.8. The van der Waals surface area contributed by atoms with Crippen molar-refractivity contribution in [2.45, 2.75) is 219 Å². The van der Waals surface area contributed by atoms with Gasteiger partial charge in [-0.2, -0.15) is 7.94 Å². The van der Waals surface area contributed by atoms with Crippen molar-refractivity contribution in [3.63, 3.8) is 0 Å². The average molecular weight is 823 g/mol. The third-order valence-electron chi connectivity index (χ3n) is 8.58. The van der Waals surface area contributed by atoms with E-state index in [2.05, 4.69) is 13.8 Å². The summed E-state index contributed by atoms with van der Waals surface area (Å²) in [4.78, 5) is 61.1. The quantitative estimate of drug-likeness (QED) is 0.0509. The molecule has 0 bridgehead atoms. The topological polar surface area (TPSA) is 136 Å². The second-order valence-corrected chi connectivity index (χ2v) is 16.7. The van der Waals surface area contributed by atoms with Crippen LogP contribution >= 0.6 is 15.9 Å². The Balaban J connectivity index is -0.000000767. The summed E-state index contributed by atoms with van der Waals surface area (Å²) in [6.45, 7) is 4.53. The third-order valence-corrected chi connectivity index (χ3v) is 10.3. The van der Waals surface area contributed by atoms with Gasteiger partial charge < -0.3 is 24.5 Å². The predicted octanol–water partition coefficient (Wildman–Crippen LogP) is 8.81. The maximum atomic E-state index is 10.6. The van der Waals surface area contributed by atoms with Crippen LogP contribution in [0.5, 0.6) is 0 Å². The molecule has 0 spiro atoms. The predicted molar refractivity (Wildman–Crippen MR) is 185 cm³/mol. The Hall–Kier alpha value is 1.94. The molecule has 273 valence electrons. The van der Waals surface area contributed by atoms with E-state index in [1.165, 1.54) is 167 Å². The maximum Gasteiger partial charge on any atom is 3.00 e. The number of rotatable bonds is 34. The monoisotopic (exact) mass is 823 g/mol. The van der Waals surface area contributed by atoms with Gasteiger partial charge in [0.25, 0.3) is 0 Å². The van der Waals surface area contributed by atoms with Gasteiger partial charge in [0.05, 0.1) is 6.16 Å². The van der Waals surface area contributed by atoms with Crippen molar-refractivity contribution in [1.82, 2.24) is 0 Å². The Kier molecular flexibility index (Phi) is 46.0. The van der Waals surface area contributed by atoms with Crippen LogP contribution in [0.15, 0.2) is 0 Å². The van der Waals surface area contributed by atoms with E-state index < -0.39 is 15.9 Å². The van der Waals surface area contributed by atoms with Crippen molar-refractivity contribution in [3.8, 4) is 0 Å². The minimum atomic E-state index is -4.25. The molecule has 9 heteroatoms. The van der Waals surface area contributed by atoms with E-state index in [-0.39, 0.29) is 52.3 Å². The molecule has 0 aromatic heterocycles. The Bertz CT molecular complexity index is 487. The van der Waals surface area contributed by atoms with Gasteiger partial charge in [0, 0.05) is 14.1 Å². The zero-order chi connectivity index (χ0) is 33.0. The van der Waals surface area contributed by atoms with E-state index in [9.17, 15) is 24.5 Å². The van der Waals surface area contributed by atoms with Crippen LogP contribution in [0.4, 0.5) is 0 Å². The van der Waals surface area contributed by atoms with Gasteiger partial charge in [0.1, 0.15) is 0 Å². The molecule has 0 aliphatic heterocycles. The Morgan fingerprint density at radius 3 is 0.667 bits per heavy atom. The summed E-state index contributed by atoms with van der Waals surface area (Å²) in [5.74, 6) is 0. The van der Waals surface area contributed by atoms with Gasteiger partial charge in [0.15, 0.2) is 0 Å². The molecule has 0 saturated carbocycles. The first-order chi connectivity index (χ1) is 21.1. The molecule has 0 aromatic rings. The van der Waals surface area contributed by atoms with E-state index >= 15 is 0 Å². The van der Waals surface area contributed by atoms with Crippen LogP contribution in [-0.4, -0.2) is 17.2 Å². The molecule has 0 saturated heterocycles. The first kappa shape index (κ1) is 51.3. The standard InChI is InChI=1S/2C18H39O3P.Gd/c2*1-2-3-4-5-6-7-8-9-10-11-12-13-14-15-16-17-18-22(19,20)21;/h2*2-18H2,1H3,(H2,19,20,21);/q;;+3/p-3. The molecule has 6 nitrogen and oxygen atoms in total. The summed E-state index contributed by atoms with van der Waals surface area (Å²) in [6.07, 6.45) is 40.2. The fourth-order valence-electron chi connectivity index (χ4n) is 5.71. The largest absolute Gasteiger partial charge is 3.00 e. The molecule has 0 atom stereocenters. The maximum absolute atomic E-state index is 10.6. The normalized spacial score (nSPS) is 11.7. The molecule has 0 fully saturated rings. The molecule has 0 aliphatic rings. The van der Waals surface area contributed by atoms with Crippen LogP contribution in [0.25, 0.3) is 0 Å². The van der Waals surface area contributed by atoms with Crippen molar-refractivity contribution in [2.75, 3.05) is 12.3 Å². The summed E-state index contributed by atoms with van der Waals surface area (Å²) in [5.41, 5.74) is 0. The fourth-order valence-corrected chi connectivity index (χ4v) is 6.95. The molecule has 45 heavy (non-hydrogen) atoms. The van der Waals surface area contributed by atoms with Gasteiger partial charge in [-0.15, -0.1) is 0 Å². The van der Waals surface area contributed by atoms with Crippen LogP contribution in [0, 0.1) is 39.9 Å². The van der Waals surface area contributed by atoms with Crippen molar-refractivity contribution >= 4 is 15.9 Å². The smallest absolute Gasteiger partial charge is 0.688 e. The van der Waals surface area contributed by atoms with Gasteiger partial charge in [-0.3, -0.25) is 4.89 Å². The molecule has 0 unspecified atom stereocenters. The number of hydrogen-bond donors (Lipinski definition) is 1. The van der Waals surface area contributed by atoms with Crippen LogP contribution in [-0.2, 0) is 0 Å². The fraction of sp³-hybridized carbons (Fsp3) is 1.00. The third kappa shape index (κ3) is 55.6. The van der Waals surface area contributed by atoms with Gasteiger partial charge >= 0.3 is 39.9 Å². The minimum Gasteiger partial charge on any atom is -0.688 e. The zero-order valence-corrected chi connectivity index (χ0v) is 33.8. The van der Waals surface area contributed by atoms with E-state index in [0.717, 1.165) is 25.7 Å². The van der Waals surface area contributed by atoms with E-state index in [1.807, 2.05) is 0 Å². The van der Waals surface area contributed by atoms with Crippen LogP contribution < -0.4 is 24.5 Å². The Labute approximate surface area is 314 Å². The van der Waals surface area contributed by atoms with Crippen molar-refractivity contribution in [1.29, 1.82) is 0 Å². The minimum absolute atomic E-state index is 0. The summed E-state index contributed by atoms with van der Waals surface area (Å²) in [5, 5.41) is 0. The van der Waals surface area contributed by atoms with Crippen LogP contribution in [0.2, 0.25) is 0 Å². The molecule has 0 rings (SSSR count). The van der Waals surface area contributed by atoms with E-state index in [0.29, 0.717) is 12.8 Å². The van der Waals surface area contributed by atoms with Gasteiger partial charge in [-0.1, -0.05) is 194 Å². The van der Waals surface area contributed by atoms with Gasteiger partial charge in [-0.05, 0) is 25.7 Å². The Morgan fingerprint density at radius 1 is 0.311 bits per heavy atom. The molecule has 0 aliphatic carbocycles. The van der Waals surface area contributed by atoms with E-state index in [1.54, 1.807) is 0 Å². The first-order valence-electron chi connectivity index (χ1n) is 19.2. The van der Waals surface area contributed by atoms with Crippen LogP contribution in [0.1, 0.15) is 219 Å². The summed E-state index contributed by atoms with van der Waals surface area (Å²) in [7, 11) is -8.26. The molecular weight excluding hydrogens is 748 g/mol. The average Bonchev–Trinajstić information content (AvgIpc) is 2.96. The van der Waals surface area contributed by atoms with Gasteiger partial charge in [-0.25, -0.2) is 0 Å². The summed E-state index contributed by atoms with van der Waals surface area (Å²) in [6, 6.07) is 0. The number of unbranched alkanes of at least 4 members (excludes halogenated alkanes) is 30. The first-order valence-corrected chi connectivity index (χ1v) is 22.7. The molecule has 0 heterocycles. The number of hydrogen-bond acceptors (Lipinski definition) is 6. The van der Waals surface area contributed by atoms with Crippen molar-refractivity contribution in [3.05, 3.63) is 0 Å². The van der Waals surface area contributed by atoms with Crippen LogP contribution in [0.3, 0.4) is 0 Å². The van der Waals surface area contributed by atoms with Crippen molar-refractivity contribution < 1.29 is 69.3 Å². The van der Waals surface area contributed by atoms with Crippen molar-refractivity contribution in [2.24, 2.45) is 0 Å². The summed E-state index contributed by atoms with van der Waals surface area (Å²) < 4.78 is 0. The second kappa shape index (κ2) is 40.4. The van der Waals surface area contributed by atoms with Gasteiger partial charge in [0.2, 0.25) is 0 Å². The molecule has 0 amide bonds. The molecule has 1 radical (unpaired) electrons. The molecule has 1 N–H and O–H groups in total. The second-order valence-electron chi connectivity index (χ2n) is 13.3. The molecule has 0 aromatic carbocycles. The van der Waals surface area contributed by atoms with E-state index in [4.69, 9.17) is 4.89 Å². The SMILES string of the molecule is CCCCCCCCCCCCCCCCCC[P+]([O-])([O-])O.CCCCCCCCCCCCCCCCCC[P+]([O-])([O-])[O-].[Gd+3]. The summed E-state index contributed by atoms with van der Waals surface area (Å²) >= 11 is 0. The Morgan fingerprint density at radius 2 is 0.489 bits per heavy atom.